The third-order valence-electron chi connectivity index (χ3n) is 2.37. The van der Waals surface area contributed by atoms with Gasteiger partial charge in [0, 0.05) is 32.7 Å². The van der Waals surface area contributed by atoms with E-state index in [9.17, 15) is 4.79 Å². The van der Waals surface area contributed by atoms with Gasteiger partial charge in [0.2, 0.25) is 0 Å². The molecule has 16 heavy (non-hydrogen) atoms. The van der Waals surface area contributed by atoms with Crippen molar-refractivity contribution >= 4 is 5.78 Å². The van der Waals surface area contributed by atoms with Gasteiger partial charge < -0.3 is 4.74 Å². The minimum atomic E-state index is -0.390. The van der Waals surface area contributed by atoms with Crippen LogP contribution in [-0.4, -0.2) is 38.0 Å². The van der Waals surface area contributed by atoms with E-state index < -0.39 is 0 Å². The Hall–Kier alpha value is -1.19. The Morgan fingerprint density at radius 2 is 2.00 bits per heavy atom. The number of benzene rings is 1. The highest BCUT2D eigenvalue weighted by Crippen LogP contribution is 2.07. The highest BCUT2D eigenvalue weighted by atomic mass is 16.5. The van der Waals surface area contributed by atoms with Crippen molar-refractivity contribution in [2.45, 2.75) is 6.54 Å². The SMILES string of the molecule is [CH]C(=O)c1ccc(CN(C)CCOC)cc1. The lowest BCUT2D eigenvalue weighted by Gasteiger charge is -2.15. The number of methoxy groups -OCH3 is 1. The van der Waals surface area contributed by atoms with Gasteiger partial charge in [-0.3, -0.25) is 9.69 Å². The van der Waals surface area contributed by atoms with Gasteiger partial charge in [-0.1, -0.05) is 24.3 Å². The lowest BCUT2D eigenvalue weighted by molar-refractivity contribution is 0.104. The van der Waals surface area contributed by atoms with Gasteiger partial charge in [0.05, 0.1) is 6.61 Å². The molecule has 0 saturated heterocycles. The molecule has 0 heterocycles. The highest BCUT2D eigenvalue weighted by Gasteiger charge is 2.02. The molecule has 2 radical (unpaired) electrons. The summed E-state index contributed by atoms with van der Waals surface area (Å²) in [5.41, 5.74) is 1.70. The number of rotatable bonds is 6. The Bertz CT molecular complexity index is 332. The third-order valence-corrected chi connectivity index (χ3v) is 2.37. The Kier molecular flexibility index (Phi) is 5.15. The number of carbonyl (C=O) groups is 1. The summed E-state index contributed by atoms with van der Waals surface area (Å²) < 4.78 is 5.00. The fourth-order valence-electron chi connectivity index (χ4n) is 1.41. The van der Waals surface area contributed by atoms with Gasteiger partial charge in [0.25, 0.3) is 0 Å². The van der Waals surface area contributed by atoms with Crippen LogP contribution in [-0.2, 0) is 11.3 Å². The first kappa shape index (κ1) is 12.9. The molecule has 86 valence electrons. The number of carbonyl (C=O) groups excluding carboxylic acids is 1. The summed E-state index contributed by atoms with van der Waals surface area (Å²) in [6.45, 7) is 7.60. The highest BCUT2D eigenvalue weighted by molar-refractivity contribution is 5.99. The Balaban J connectivity index is 2.51. The fraction of sp³-hybridized carbons (Fsp3) is 0.385. The maximum Gasteiger partial charge on any atom is 0.167 e. The van der Waals surface area contributed by atoms with E-state index in [0.717, 1.165) is 25.3 Å². The van der Waals surface area contributed by atoms with Gasteiger partial charge in [-0.25, -0.2) is 0 Å². The second kappa shape index (κ2) is 6.40. The molecule has 3 heteroatoms. The smallest absolute Gasteiger partial charge is 0.167 e. The zero-order chi connectivity index (χ0) is 12.0. The van der Waals surface area contributed by atoms with Crippen molar-refractivity contribution in [2.24, 2.45) is 0 Å². The largest absolute Gasteiger partial charge is 0.383 e. The average molecular weight is 219 g/mol. The van der Waals surface area contributed by atoms with Crippen LogP contribution in [0.4, 0.5) is 0 Å². The molecule has 1 aromatic rings. The van der Waals surface area contributed by atoms with Gasteiger partial charge in [-0.05, 0) is 12.6 Å². The van der Waals surface area contributed by atoms with Crippen LogP contribution in [0.5, 0.6) is 0 Å². The van der Waals surface area contributed by atoms with Crippen molar-refractivity contribution < 1.29 is 9.53 Å². The van der Waals surface area contributed by atoms with E-state index in [1.54, 1.807) is 19.2 Å². The molecule has 1 aromatic carbocycles. The zero-order valence-electron chi connectivity index (χ0n) is 9.77. The molecule has 0 fully saturated rings. The van der Waals surface area contributed by atoms with Gasteiger partial charge >= 0.3 is 0 Å². The van der Waals surface area contributed by atoms with Crippen molar-refractivity contribution in [2.75, 3.05) is 27.3 Å². The molecule has 0 spiro atoms. The van der Waals surface area contributed by atoms with Crippen LogP contribution in [0.2, 0.25) is 0 Å². The predicted octanol–water partition coefficient (Wildman–Crippen LogP) is 1.66. The van der Waals surface area contributed by atoms with Gasteiger partial charge in [0.1, 0.15) is 0 Å². The normalized spacial score (nSPS) is 10.8. The maximum atomic E-state index is 10.9. The van der Waals surface area contributed by atoms with E-state index in [2.05, 4.69) is 4.90 Å². The van der Waals surface area contributed by atoms with Crippen LogP contribution < -0.4 is 0 Å². The number of hydrogen-bond donors (Lipinski definition) is 0. The van der Waals surface area contributed by atoms with Gasteiger partial charge in [-0.2, -0.15) is 0 Å². The number of Topliss-reactive ketones (excluding diaryl/α,β-unsaturated/α-hetero) is 1. The summed E-state index contributed by atoms with van der Waals surface area (Å²) in [5.74, 6) is -0.390. The average Bonchev–Trinajstić information content (AvgIpc) is 2.27. The van der Waals surface area contributed by atoms with Crippen LogP contribution in [0.25, 0.3) is 0 Å². The molecule has 0 N–H and O–H groups in total. The minimum absolute atomic E-state index is 0.390. The summed E-state index contributed by atoms with van der Waals surface area (Å²) in [5, 5.41) is 0. The molecule has 0 aromatic heterocycles. The molecule has 1 rings (SSSR count). The number of nitrogens with zero attached hydrogens (tertiary/aromatic N) is 1. The first-order valence-corrected chi connectivity index (χ1v) is 5.19. The lowest BCUT2D eigenvalue weighted by Crippen LogP contribution is -2.22. The van der Waals surface area contributed by atoms with Crippen LogP contribution in [0.3, 0.4) is 0 Å². The summed E-state index contributed by atoms with van der Waals surface area (Å²) in [4.78, 5) is 13.0. The van der Waals surface area contributed by atoms with E-state index in [1.165, 1.54) is 0 Å². The molecule has 0 atom stereocenters. The minimum Gasteiger partial charge on any atom is -0.383 e. The first-order chi connectivity index (χ1) is 7.63. The molecule has 0 bridgehead atoms. The Morgan fingerprint density at radius 3 is 2.50 bits per heavy atom. The number of ketones is 1. The van der Waals surface area contributed by atoms with E-state index in [4.69, 9.17) is 11.7 Å². The van der Waals surface area contributed by atoms with Crippen molar-refractivity contribution in [3.05, 3.63) is 42.3 Å². The Labute approximate surface area is 97.0 Å². The van der Waals surface area contributed by atoms with Crippen LogP contribution in [0.15, 0.2) is 24.3 Å². The predicted molar refractivity (Wildman–Crippen MR) is 63.3 cm³/mol. The van der Waals surface area contributed by atoms with E-state index in [-0.39, 0.29) is 5.78 Å². The molecule has 0 saturated carbocycles. The van der Waals surface area contributed by atoms with Crippen LogP contribution in [0, 0.1) is 6.92 Å². The van der Waals surface area contributed by atoms with Gasteiger partial charge in [0.15, 0.2) is 5.78 Å². The molecular formula is C13H17NO2. The van der Waals surface area contributed by atoms with Crippen molar-refractivity contribution in [1.82, 2.24) is 4.90 Å². The maximum absolute atomic E-state index is 10.9. The summed E-state index contributed by atoms with van der Waals surface area (Å²) in [7, 11) is 3.72. The summed E-state index contributed by atoms with van der Waals surface area (Å²) in [6.07, 6.45) is 0. The van der Waals surface area contributed by atoms with E-state index >= 15 is 0 Å². The van der Waals surface area contributed by atoms with Crippen LogP contribution >= 0.6 is 0 Å². The van der Waals surface area contributed by atoms with Crippen molar-refractivity contribution in [3.8, 4) is 0 Å². The lowest BCUT2D eigenvalue weighted by atomic mass is 10.1. The molecule has 0 aliphatic carbocycles. The second-order valence-electron chi connectivity index (χ2n) is 3.79. The standard InChI is InChI=1S/C13H17NO2/c1-11(15)13-6-4-12(5-7-13)10-14(2)8-9-16-3/h1,4-7H,8-10H2,2-3H3. The topological polar surface area (TPSA) is 29.5 Å². The molecule has 0 aliphatic heterocycles. The molecule has 3 nitrogen and oxygen atoms in total. The van der Waals surface area contributed by atoms with Crippen molar-refractivity contribution in [3.63, 3.8) is 0 Å². The third kappa shape index (κ3) is 4.13. The van der Waals surface area contributed by atoms with Crippen molar-refractivity contribution in [1.29, 1.82) is 0 Å². The van der Waals surface area contributed by atoms with Crippen LogP contribution in [0.1, 0.15) is 15.9 Å². The second-order valence-corrected chi connectivity index (χ2v) is 3.79. The molecule has 0 aliphatic rings. The summed E-state index contributed by atoms with van der Waals surface area (Å²) in [6, 6.07) is 7.34. The number of hydrogen-bond acceptors (Lipinski definition) is 3. The molecular weight excluding hydrogens is 202 g/mol. The Morgan fingerprint density at radius 1 is 1.38 bits per heavy atom. The quantitative estimate of drug-likeness (QED) is 0.681. The molecule has 0 unspecified atom stereocenters. The fourth-order valence-corrected chi connectivity index (χ4v) is 1.41. The van der Waals surface area contributed by atoms with E-state index in [0.29, 0.717) is 5.56 Å². The van der Waals surface area contributed by atoms with E-state index in [1.807, 2.05) is 19.2 Å². The monoisotopic (exact) mass is 219 g/mol. The summed E-state index contributed by atoms with van der Waals surface area (Å²) >= 11 is 0. The zero-order valence-corrected chi connectivity index (χ0v) is 9.77. The first-order valence-electron chi connectivity index (χ1n) is 5.19. The molecule has 0 amide bonds. The van der Waals surface area contributed by atoms with Gasteiger partial charge in [-0.15, -0.1) is 0 Å². The number of ether oxygens (including phenoxy) is 1. The number of likely N-dealkylation sites (N-methyl/N-ethyl adjacent to an activating group) is 1.